The number of allylic oxidation sites excluding steroid dienone is 1. The molecule has 3 N–H and O–H groups in total. The lowest BCUT2D eigenvalue weighted by atomic mass is 10.0. The number of hydrogen-bond acceptors (Lipinski definition) is 6. The zero-order valence-electron chi connectivity index (χ0n) is 20.4. The molecule has 4 rings (SSSR count). The molecule has 182 valence electrons. The number of aliphatic imine (C=N–C) groups is 1. The second-order valence-corrected chi connectivity index (χ2v) is 9.78. The highest BCUT2D eigenvalue weighted by atomic mass is 35.5. The third-order valence-electron chi connectivity index (χ3n) is 7.01. The van der Waals surface area contributed by atoms with Crippen LogP contribution in [0.1, 0.15) is 37.0 Å². The van der Waals surface area contributed by atoms with Gasteiger partial charge in [0.15, 0.2) is 5.79 Å². The lowest BCUT2D eigenvalue weighted by Crippen LogP contribution is -2.54. The van der Waals surface area contributed by atoms with E-state index in [-0.39, 0.29) is 5.75 Å². The number of phenols is 1. The molecule has 2 aliphatic heterocycles. The van der Waals surface area contributed by atoms with Gasteiger partial charge in [0, 0.05) is 37.6 Å². The van der Waals surface area contributed by atoms with Crippen LogP contribution in [0.15, 0.2) is 53.5 Å². The molecule has 6 nitrogen and oxygen atoms in total. The number of rotatable bonds is 9. The lowest BCUT2D eigenvalue weighted by Gasteiger charge is -2.39. The second kappa shape index (κ2) is 10.9. The standard InChI is InChI=1S/C27H36ClN5O/c1-4-33(23-10-13-29-18-23)19-21-6-5-7-22(16-21)25-11-14-30-27(2,31-25)32(3)15-12-20-8-9-26(34)24(28)17-20/h5-9,11,14,16-17,23,29,31,34H,4,10,12-13,15,18-19H2,1-3H3. The normalized spacial score (nSPS) is 22.3. The average molecular weight is 482 g/mol. The maximum absolute atomic E-state index is 9.66. The van der Waals surface area contributed by atoms with Gasteiger partial charge >= 0.3 is 0 Å². The van der Waals surface area contributed by atoms with E-state index in [4.69, 9.17) is 16.6 Å². The van der Waals surface area contributed by atoms with E-state index in [1.165, 1.54) is 17.5 Å². The van der Waals surface area contributed by atoms with Crippen LogP contribution in [0, 0.1) is 0 Å². The molecule has 0 spiro atoms. The zero-order chi connectivity index (χ0) is 24.1. The molecule has 0 radical (unpaired) electrons. The Hall–Kier alpha value is -2.38. The summed E-state index contributed by atoms with van der Waals surface area (Å²) >= 11 is 6.07. The Morgan fingerprint density at radius 2 is 2.06 bits per heavy atom. The van der Waals surface area contributed by atoms with Crippen molar-refractivity contribution >= 4 is 23.5 Å². The Bertz CT molecular complexity index is 1050. The number of aromatic hydroxyl groups is 1. The van der Waals surface area contributed by atoms with Crippen LogP contribution < -0.4 is 10.6 Å². The van der Waals surface area contributed by atoms with Crippen LogP contribution in [0.25, 0.3) is 5.70 Å². The van der Waals surface area contributed by atoms with Gasteiger partial charge in [0.2, 0.25) is 0 Å². The summed E-state index contributed by atoms with van der Waals surface area (Å²) in [5.41, 5.74) is 4.66. The Labute approximate surface area is 208 Å². The van der Waals surface area contributed by atoms with Crippen molar-refractivity contribution in [3.8, 4) is 5.75 Å². The summed E-state index contributed by atoms with van der Waals surface area (Å²) in [6.07, 6.45) is 5.97. The van der Waals surface area contributed by atoms with E-state index in [1.54, 1.807) is 6.07 Å². The maximum Gasteiger partial charge on any atom is 0.184 e. The van der Waals surface area contributed by atoms with E-state index in [1.807, 2.05) is 24.4 Å². The van der Waals surface area contributed by atoms with Gasteiger partial charge in [-0.2, -0.15) is 0 Å². The molecule has 0 saturated carbocycles. The Morgan fingerprint density at radius 1 is 1.21 bits per heavy atom. The maximum atomic E-state index is 9.66. The minimum absolute atomic E-state index is 0.114. The molecule has 0 aliphatic carbocycles. The highest BCUT2D eigenvalue weighted by Crippen LogP contribution is 2.26. The largest absolute Gasteiger partial charge is 0.506 e. The van der Waals surface area contributed by atoms with E-state index < -0.39 is 5.79 Å². The van der Waals surface area contributed by atoms with Gasteiger partial charge in [-0.15, -0.1) is 0 Å². The third-order valence-corrected chi connectivity index (χ3v) is 7.31. The molecule has 2 aliphatic rings. The number of hydrogen-bond donors (Lipinski definition) is 3. The first-order valence-electron chi connectivity index (χ1n) is 12.1. The molecule has 2 aromatic carbocycles. The predicted octanol–water partition coefficient (Wildman–Crippen LogP) is 4.09. The summed E-state index contributed by atoms with van der Waals surface area (Å²) in [7, 11) is 2.07. The van der Waals surface area contributed by atoms with Crippen LogP contribution in [0.4, 0.5) is 0 Å². The summed E-state index contributed by atoms with van der Waals surface area (Å²) in [6, 6.07) is 14.8. The number of nitrogens with one attached hydrogen (secondary N) is 2. The van der Waals surface area contributed by atoms with Gasteiger partial charge in [-0.3, -0.25) is 14.8 Å². The number of nitrogens with zero attached hydrogens (tertiary/aromatic N) is 3. The smallest absolute Gasteiger partial charge is 0.184 e. The minimum atomic E-state index is -0.550. The molecule has 0 aromatic heterocycles. The summed E-state index contributed by atoms with van der Waals surface area (Å²) in [4.78, 5) is 9.52. The Morgan fingerprint density at radius 3 is 2.79 bits per heavy atom. The summed E-state index contributed by atoms with van der Waals surface area (Å²) < 4.78 is 0. The van der Waals surface area contributed by atoms with Crippen molar-refractivity contribution < 1.29 is 5.11 Å². The summed E-state index contributed by atoms with van der Waals surface area (Å²) in [5.74, 6) is -0.436. The topological polar surface area (TPSA) is 63.1 Å². The molecule has 34 heavy (non-hydrogen) atoms. The molecule has 7 heteroatoms. The Balaban J connectivity index is 1.41. The number of halogens is 1. The molecule has 2 heterocycles. The van der Waals surface area contributed by atoms with Crippen molar-refractivity contribution in [1.29, 1.82) is 0 Å². The van der Waals surface area contributed by atoms with E-state index in [0.29, 0.717) is 11.1 Å². The number of likely N-dealkylation sites (N-methyl/N-ethyl adjacent to an activating group) is 2. The van der Waals surface area contributed by atoms with Crippen molar-refractivity contribution in [2.75, 3.05) is 33.2 Å². The first kappa shape index (κ1) is 24.7. The van der Waals surface area contributed by atoms with Crippen LogP contribution in [-0.2, 0) is 13.0 Å². The van der Waals surface area contributed by atoms with E-state index in [2.05, 4.69) is 65.6 Å². The molecular weight excluding hydrogens is 446 g/mol. The molecule has 2 atom stereocenters. The van der Waals surface area contributed by atoms with E-state index in [9.17, 15) is 5.11 Å². The van der Waals surface area contributed by atoms with Gasteiger partial charge in [-0.1, -0.05) is 42.8 Å². The van der Waals surface area contributed by atoms with Gasteiger partial charge in [-0.25, -0.2) is 0 Å². The van der Waals surface area contributed by atoms with Crippen LogP contribution in [0.2, 0.25) is 5.02 Å². The summed E-state index contributed by atoms with van der Waals surface area (Å²) in [5, 5.41) is 17.2. The van der Waals surface area contributed by atoms with Gasteiger partial charge in [0.25, 0.3) is 0 Å². The fourth-order valence-electron chi connectivity index (χ4n) is 4.69. The number of phenolic OH excluding ortho intramolecular Hbond substituents is 1. The van der Waals surface area contributed by atoms with Crippen molar-refractivity contribution in [3.63, 3.8) is 0 Å². The van der Waals surface area contributed by atoms with Crippen molar-refractivity contribution in [1.82, 2.24) is 20.4 Å². The third kappa shape index (κ3) is 5.81. The zero-order valence-corrected chi connectivity index (χ0v) is 21.1. The molecule has 1 fully saturated rings. The SMILES string of the molecule is CCN(Cc1cccc(C2=CC=NC(C)(N(C)CCc3ccc(O)c(Cl)c3)N2)c1)C1CCNC1. The van der Waals surface area contributed by atoms with Crippen molar-refractivity contribution in [2.24, 2.45) is 4.99 Å². The van der Waals surface area contributed by atoms with Crippen LogP contribution in [0.3, 0.4) is 0 Å². The first-order valence-corrected chi connectivity index (χ1v) is 12.5. The fourth-order valence-corrected chi connectivity index (χ4v) is 4.89. The second-order valence-electron chi connectivity index (χ2n) is 9.37. The van der Waals surface area contributed by atoms with E-state index >= 15 is 0 Å². The monoisotopic (exact) mass is 481 g/mol. The predicted molar refractivity (Wildman–Crippen MR) is 141 cm³/mol. The van der Waals surface area contributed by atoms with Crippen molar-refractivity contribution in [3.05, 3.63) is 70.3 Å². The van der Waals surface area contributed by atoms with Crippen LogP contribution in [0.5, 0.6) is 5.75 Å². The van der Waals surface area contributed by atoms with Crippen LogP contribution >= 0.6 is 11.6 Å². The van der Waals surface area contributed by atoms with Gasteiger partial charge in [0.05, 0.1) is 5.02 Å². The molecule has 2 unspecified atom stereocenters. The first-order chi connectivity index (χ1) is 16.4. The fraction of sp³-hybridized carbons (Fsp3) is 0.444. The molecule has 0 amide bonds. The highest BCUT2D eigenvalue weighted by Gasteiger charge is 2.30. The van der Waals surface area contributed by atoms with Gasteiger partial charge in [-0.05, 0) is 80.9 Å². The van der Waals surface area contributed by atoms with Crippen LogP contribution in [-0.4, -0.2) is 66.2 Å². The molecule has 0 bridgehead atoms. The summed E-state index contributed by atoms with van der Waals surface area (Å²) in [6.45, 7) is 9.34. The van der Waals surface area contributed by atoms with Crippen molar-refractivity contribution in [2.45, 2.75) is 45.1 Å². The molecule has 2 aromatic rings. The molecule has 1 saturated heterocycles. The average Bonchev–Trinajstić information content (AvgIpc) is 3.38. The van der Waals surface area contributed by atoms with E-state index in [0.717, 1.165) is 50.4 Å². The lowest BCUT2D eigenvalue weighted by molar-refractivity contribution is 0.128. The van der Waals surface area contributed by atoms with Gasteiger partial charge < -0.3 is 15.7 Å². The molecular formula is C27H36ClN5O. The Kier molecular flexibility index (Phi) is 7.94. The number of benzene rings is 2. The quantitative estimate of drug-likeness (QED) is 0.503. The minimum Gasteiger partial charge on any atom is -0.506 e. The highest BCUT2D eigenvalue weighted by molar-refractivity contribution is 6.32. The van der Waals surface area contributed by atoms with Gasteiger partial charge in [0.1, 0.15) is 5.75 Å².